The smallest absolute Gasteiger partial charge is 0.407 e. The summed E-state index contributed by atoms with van der Waals surface area (Å²) in [6.07, 6.45) is 6.18. The van der Waals surface area contributed by atoms with Crippen LogP contribution in [0.15, 0.2) is 30.6 Å². The second-order valence-electron chi connectivity index (χ2n) is 9.94. The number of aromatic amines is 1. The summed E-state index contributed by atoms with van der Waals surface area (Å²) in [5, 5.41) is 21.3. The Labute approximate surface area is 197 Å². The molecule has 2 aliphatic heterocycles. The second-order valence-corrected chi connectivity index (χ2v) is 9.94. The molecule has 3 aromatic rings. The van der Waals surface area contributed by atoms with Gasteiger partial charge in [0.2, 0.25) is 0 Å². The highest BCUT2D eigenvalue weighted by Crippen LogP contribution is 2.42. The first-order valence-corrected chi connectivity index (χ1v) is 12.0. The molecule has 0 spiro atoms. The molecular weight excluding hydrogens is 432 g/mol. The summed E-state index contributed by atoms with van der Waals surface area (Å²) in [5.74, 6) is -0.202. The predicted octanol–water partition coefficient (Wildman–Crippen LogP) is 3.76. The van der Waals surface area contributed by atoms with Crippen molar-refractivity contribution in [3.05, 3.63) is 52.8 Å². The number of fused-ring (bicyclic) bond motifs is 2. The Morgan fingerprint density at radius 2 is 2.00 bits per heavy atom. The second kappa shape index (κ2) is 7.56. The summed E-state index contributed by atoms with van der Waals surface area (Å²) in [6.45, 7) is 3.52. The van der Waals surface area contributed by atoms with Crippen molar-refractivity contribution in [1.29, 1.82) is 0 Å². The number of nitrogens with one attached hydrogen (secondary N) is 1. The molecule has 8 heteroatoms. The van der Waals surface area contributed by atoms with E-state index in [0.29, 0.717) is 38.9 Å². The number of pyridine rings is 1. The Bertz CT molecular complexity index is 1330. The molecule has 2 fully saturated rings. The number of hydrogen-bond acceptors (Lipinski definition) is 4. The quantitative estimate of drug-likeness (QED) is 0.551. The summed E-state index contributed by atoms with van der Waals surface area (Å²) in [7, 11) is 0. The van der Waals surface area contributed by atoms with Crippen LogP contribution < -0.4 is 0 Å². The number of aliphatic hydroxyl groups is 1. The molecule has 1 unspecified atom stereocenters. The number of carboxylic acid groups (broad SMARTS) is 1. The molecule has 176 valence electrons. The van der Waals surface area contributed by atoms with E-state index >= 15 is 0 Å². The molecule has 1 saturated carbocycles. The monoisotopic (exact) mass is 460 g/mol. The minimum Gasteiger partial charge on any atom is -0.465 e. The Morgan fingerprint density at radius 1 is 1.18 bits per heavy atom. The van der Waals surface area contributed by atoms with Gasteiger partial charge in [0, 0.05) is 43.0 Å². The van der Waals surface area contributed by atoms with Crippen LogP contribution in [-0.4, -0.2) is 60.7 Å². The van der Waals surface area contributed by atoms with Crippen molar-refractivity contribution in [1.82, 2.24) is 19.8 Å². The van der Waals surface area contributed by atoms with E-state index < -0.39 is 11.7 Å². The number of carbonyl (C=O) groups is 2. The summed E-state index contributed by atoms with van der Waals surface area (Å²) in [4.78, 5) is 35.9. The first-order valence-electron chi connectivity index (χ1n) is 12.0. The number of nitrogens with zero attached hydrogens (tertiary/aromatic N) is 3. The molecule has 2 amide bonds. The fourth-order valence-corrected chi connectivity index (χ4v) is 5.57. The first-order chi connectivity index (χ1) is 16.3. The van der Waals surface area contributed by atoms with E-state index in [4.69, 9.17) is 0 Å². The van der Waals surface area contributed by atoms with Crippen LogP contribution in [0.4, 0.5) is 4.79 Å². The summed E-state index contributed by atoms with van der Waals surface area (Å²) < 4.78 is 0. The maximum atomic E-state index is 12.9. The van der Waals surface area contributed by atoms with Crippen molar-refractivity contribution in [3.63, 3.8) is 0 Å². The van der Waals surface area contributed by atoms with E-state index in [1.54, 1.807) is 4.90 Å². The van der Waals surface area contributed by atoms with Gasteiger partial charge in [-0.3, -0.25) is 4.79 Å². The molecule has 1 saturated heterocycles. The molecule has 8 nitrogen and oxygen atoms in total. The van der Waals surface area contributed by atoms with Crippen LogP contribution in [0.2, 0.25) is 0 Å². The number of carbonyl (C=O) groups excluding carboxylic acids is 1. The number of rotatable bonds is 3. The molecule has 0 radical (unpaired) electrons. The third-order valence-corrected chi connectivity index (χ3v) is 7.71. The van der Waals surface area contributed by atoms with E-state index in [1.807, 2.05) is 19.3 Å². The predicted molar refractivity (Wildman–Crippen MR) is 126 cm³/mol. The lowest BCUT2D eigenvalue weighted by molar-refractivity contribution is -0.143. The van der Waals surface area contributed by atoms with Gasteiger partial charge in [-0.25, -0.2) is 9.78 Å². The van der Waals surface area contributed by atoms with Crippen LogP contribution in [0.5, 0.6) is 0 Å². The fraction of sp³-hybridized carbons (Fsp3) is 0.423. The van der Waals surface area contributed by atoms with Crippen molar-refractivity contribution in [2.24, 2.45) is 0 Å². The van der Waals surface area contributed by atoms with Gasteiger partial charge in [0.1, 0.15) is 11.2 Å². The van der Waals surface area contributed by atoms with Crippen molar-refractivity contribution in [2.45, 2.75) is 57.2 Å². The number of benzene rings is 1. The maximum Gasteiger partial charge on any atom is 0.407 e. The van der Waals surface area contributed by atoms with Gasteiger partial charge >= 0.3 is 6.09 Å². The first kappa shape index (κ1) is 21.2. The lowest BCUT2D eigenvalue weighted by Crippen LogP contribution is -2.44. The van der Waals surface area contributed by atoms with Crippen LogP contribution in [0.3, 0.4) is 0 Å². The number of aryl methyl sites for hydroxylation is 1. The lowest BCUT2D eigenvalue weighted by Gasteiger charge is -2.34. The van der Waals surface area contributed by atoms with Gasteiger partial charge in [0.15, 0.2) is 0 Å². The van der Waals surface area contributed by atoms with Gasteiger partial charge in [-0.1, -0.05) is 6.07 Å². The van der Waals surface area contributed by atoms with Gasteiger partial charge in [0.05, 0.1) is 6.04 Å². The average Bonchev–Trinajstić information content (AvgIpc) is 3.24. The lowest BCUT2D eigenvalue weighted by atomic mass is 9.86. The Hall–Kier alpha value is -3.39. The zero-order chi connectivity index (χ0) is 23.6. The molecule has 1 atom stereocenters. The highest BCUT2D eigenvalue weighted by Gasteiger charge is 2.50. The standard InChI is InChI=1S/C26H28N4O4/c1-15-12-27-23-19(15)11-18(13-28-23)17-9-16-4-8-29(24(31)26(34)5-6-26)14-21(16)20(10-17)22-3-2-7-30(22)25(32)33/h9-13,22,34H,2-8,14H2,1H3,(H,27,28)(H,32,33). The molecule has 4 heterocycles. The molecule has 1 aromatic carbocycles. The van der Waals surface area contributed by atoms with Gasteiger partial charge < -0.3 is 25.0 Å². The molecule has 34 heavy (non-hydrogen) atoms. The van der Waals surface area contributed by atoms with Gasteiger partial charge in [-0.05, 0) is 79.0 Å². The normalized spacial score (nSPS) is 21.1. The molecule has 6 rings (SSSR count). The fourth-order valence-electron chi connectivity index (χ4n) is 5.57. The van der Waals surface area contributed by atoms with Crippen LogP contribution in [-0.2, 0) is 17.8 Å². The molecule has 2 aromatic heterocycles. The van der Waals surface area contributed by atoms with Crippen molar-refractivity contribution < 1.29 is 19.8 Å². The van der Waals surface area contributed by atoms with Crippen LogP contribution in [0, 0.1) is 6.92 Å². The Balaban J connectivity index is 1.46. The Morgan fingerprint density at radius 3 is 2.76 bits per heavy atom. The average molecular weight is 461 g/mol. The van der Waals surface area contributed by atoms with E-state index in [-0.39, 0.29) is 11.9 Å². The van der Waals surface area contributed by atoms with E-state index in [0.717, 1.165) is 57.3 Å². The number of aromatic nitrogens is 2. The van der Waals surface area contributed by atoms with Crippen LogP contribution in [0.1, 0.15) is 54.0 Å². The number of likely N-dealkylation sites (tertiary alicyclic amines) is 1. The highest BCUT2D eigenvalue weighted by molar-refractivity contribution is 5.88. The van der Waals surface area contributed by atoms with Crippen LogP contribution in [0.25, 0.3) is 22.2 Å². The molecule has 3 aliphatic rings. The van der Waals surface area contributed by atoms with Crippen molar-refractivity contribution in [2.75, 3.05) is 13.1 Å². The summed E-state index contributed by atoms with van der Waals surface area (Å²) >= 11 is 0. The summed E-state index contributed by atoms with van der Waals surface area (Å²) in [6, 6.07) is 6.15. The zero-order valence-electron chi connectivity index (χ0n) is 19.2. The minimum atomic E-state index is -1.20. The zero-order valence-corrected chi connectivity index (χ0v) is 19.2. The van der Waals surface area contributed by atoms with Crippen LogP contribution >= 0.6 is 0 Å². The third kappa shape index (κ3) is 3.36. The third-order valence-electron chi connectivity index (χ3n) is 7.71. The molecule has 0 bridgehead atoms. The number of amides is 2. The maximum absolute atomic E-state index is 12.9. The van der Waals surface area contributed by atoms with Gasteiger partial charge in [0.25, 0.3) is 5.91 Å². The van der Waals surface area contributed by atoms with E-state index in [9.17, 15) is 19.8 Å². The number of hydrogen-bond donors (Lipinski definition) is 3. The molecule has 3 N–H and O–H groups in total. The Kier molecular flexibility index (Phi) is 4.71. The SMILES string of the molecule is Cc1c[nH]c2ncc(-c3cc4c(c(C5CCCN5C(=O)O)c3)CN(C(=O)C3(O)CC3)CC4)cc12. The molecular formula is C26H28N4O4. The van der Waals surface area contributed by atoms with Gasteiger partial charge in [-0.2, -0.15) is 0 Å². The van der Waals surface area contributed by atoms with E-state index in [2.05, 4.69) is 28.2 Å². The van der Waals surface area contributed by atoms with E-state index in [1.165, 1.54) is 4.90 Å². The minimum absolute atomic E-state index is 0.202. The highest BCUT2D eigenvalue weighted by atomic mass is 16.4. The largest absolute Gasteiger partial charge is 0.465 e. The molecule has 1 aliphatic carbocycles. The van der Waals surface area contributed by atoms with Gasteiger partial charge in [-0.15, -0.1) is 0 Å². The topological polar surface area (TPSA) is 110 Å². The number of H-pyrrole nitrogens is 1. The van der Waals surface area contributed by atoms with Crippen molar-refractivity contribution in [3.8, 4) is 11.1 Å². The summed E-state index contributed by atoms with van der Waals surface area (Å²) in [5.41, 5.74) is 5.92. The van der Waals surface area contributed by atoms with Crippen molar-refractivity contribution >= 4 is 23.0 Å².